The molecule has 0 unspecified atom stereocenters. The fourth-order valence-electron chi connectivity index (χ4n) is 1.42. The molecule has 0 amide bonds. The van der Waals surface area contributed by atoms with Gasteiger partial charge in [0.25, 0.3) is 0 Å². The predicted octanol–water partition coefficient (Wildman–Crippen LogP) is -0.911. The van der Waals surface area contributed by atoms with Crippen molar-refractivity contribution in [1.82, 2.24) is 10.4 Å². The van der Waals surface area contributed by atoms with Gasteiger partial charge in [0.2, 0.25) is 0 Å². The standard InChI is InChI=1S/C8H10N4S.C6H7BO2.Al/c1-6(11-12-8(9)13)7-4-2-3-5-10-7;8-7(9)6-4-2-1-3-5-6;/h2-5H,1H3,(H3,9,12,13);1-5,8-9H;/q;;+3/p+2. The predicted molar refractivity (Wildman–Crippen MR) is 101 cm³/mol. The summed E-state index contributed by atoms with van der Waals surface area (Å²) in [6, 6.07) is 14.7. The summed E-state index contributed by atoms with van der Waals surface area (Å²) in [5.41, 5.74) is 10.0. The van der Waals surface area contributed by atoms with Gasteiger partial charge in [-0.05, 0) is 43.4 Å². The molecule has 7 N–H and O–H groups in total. The van der Waals surface area contributed by atoms with Crippen LogP contribution in [0.1, 0.15) is 12.6 Å². The molecule has 1 heterocycles. The average molecular weight is 345 g/mol. The molecule has 1 aromatic heterocycles. The van der Waals surface area contributed by atoms with Gasteiger partial charge < -0.3 is 15.8 Å². The van der Waals surface area contributed by atoms with Crippen molar-refractivity contribution in [3.8, 4) is 0 Å². The van der Waals surface area contributed by atoms with E-state index in [1.165, 1.54) is 0 Å². The van der Waals surface area contributed by atoms with E-state index in [4.69, 9.17) is 15.8 Å². The maximum Gasteiger partial charge on any atom is 3.00 e. The number of nitrogens with zero attached hydrogens (tertiary/aromatic N) is 2. The summed E-state index contributed by atoms with van der Waals surface area (Å²) in [4.78, 5) is 4.10. The number of aromatic nitrogens is 1. The van der Waals surface area contributed by atoms with Crippen LogP contribution >= 0.6 is 12.2 Å². The number of nitrogens with two attached hydrogens (primary N) is 1. The summed E-state index contributed by atoms with van der Waals surface area (Å²) >= 11 is 4.60. The number of thiocarbonyl (C=S) groups is 1. The fraction of sp³-hybridized carbons (Fsp3) is 0.0714. The molecule has 9 heteroatoms. The Morgan fingerprint density at radius 2 is 1.78 bits per heavy atom. The summed E-state index contributed by atoms with van der Waals surface area (Å²) in [5, 5.41) is 18.1. The number of hydrogen-bond acceptors (Lipinski definition) is 3. The zero-order valence-electron chi connectivity index (χ0n) is 12.7. The van der Waals surface area contributed by atoms with Crippen LogP contribution in [-0.4, -0.2) is 50.3 Å². The van der Waals surface area contributed by atoms with Crippen LogP contribution in [0.3, 0.4) is 0 Å². The molecule has 0 saturated heterocycles. The van der Waals surface area contributed by atoms with Crippen molar-refractivity contribution >= 4 is 53.0 Å². The molecule has 6 nitrogen and oxygen atoms in total. The summed E-state index contributed by atoms with van der Waals surface area (Å²) in [5.74, 6) is 0. The Balaban J connectivity index is 0.000000427. The van der Waals surface area contributed by atoms with Crippen LogP contribution in [0.4, 0.5) is 0 Å². The molecular formula is C14H19AlBN4O2S+5. The van der Waals surface area contributed by atoms with Gasteiger partial charge in [0.05, 0.1) is 11.4 Å². The van der Waals surface area contributed by atoms with Crippen LogP contribution in [0.15, 0.2) is 59.8 Å². The fourth-order valence-corrected chi connectivity index (χ4v) is 1.46. The third kappa shape index (κ3) is 9.08. The summed E-state index contributed by atoms with van der Waals surface area (Å²) in [6.07, 6.45) is 1.70. The molecule has 2 rings (SSSR count). The number of hydrogen-bond donors (Lipinski definition) is 2. The van der Waals surface area contributed by atoms with Crippen LogP contribution in [0.2, 0.25) is 0 Å². The van der Waals surface area contributed by atoms with E-state index in [0.717, 1.165) is 16.9 Å². The Hall–Kier alpha value is -1.75. The third-order valence-electron chi connectivity index (χ3n) is 2.50. The minimum Gasteiger partial charge on any atom is -0.470 e. The topological polar surface area (TPSA) is 109 Å². The first-order chi connectivity index (χ1) is 10.5. The number of benzene rings is 1. The minimum atomic E-state index is -0.841. The number of pyridine rings is 1. The van der Waals surface area contributed by atoms with Crippen LogP contribution < -0.4 is 16.6 Å². The van der Waals surface area contributed by atoms with Crippen LogP contribution in [0.25, 0.3) is 0 Å². The largest absolute Gasteiger partial charge is 3.00 e. The van der Waals surface area contributed by atoms with Gasteiger partial charge in [-0.25, -0.2) is 0 Å². The molecule has 0 fully saturated rings. The third-order valence-corrected chi connectivity index (χ3v) is 2.59. The van der Waals surface area contributed by atoms with E-state index in [2.05, 4.69) is 27.7 Å². The number of nitrogens with one attached hydrogen (secondary N) is 1. The van der Waals surface area contributed by atoms with E-state index < -0.39 is 7.12 Å². The van der Waals surface area contributed by atoms with Crippen molar-refractivity contribution in [2.24, 2.45) is 10.8 Å². The first kappa shape index (κ1) is 21.2. The van der Waals surface area contributed by atoms with Crippen molar-refractivity contribution < 1.29 is 10.0 Å². The normalized spacial score (nSPS) is 9.78. The Kier molecular flexibility index (Phi) is 10.9. The van der Waals surface area contributed by atoms with Crippen molar-refractivity contribution in [2.75, 3.05) is 0 Å². The second kappa shape index (κ2) is 11.8. The smallest absolute Gasteiger partial charge is 0.470 e. The first-order valence-corrected chi connectivity index (χ1v) is 6.90. The summed E-state index contributed by atoms with van der Waals surface area (Å²) in [6.45, 7) is 1.83. The first-order valence-electron chi connectivity index (χ1n) is 6.49. The Morgan fingerprint density at radius 3 is 2.22 bits per heavy atom. The molecule has 0 saturated carbocycles. The van der Waals surface area contributed by atoms with Crippen molar-refractivity contribution in [3.05, 3.63) is 60.4 Å². The van der Waals surface area contributed by atoms with Gasteiger partial charge in [-0.3, -0.25) is 10.4 Å². The van der Waals surface area contributed by atoms with Crippen LogP contribution in [-0.2, 0) is 0 Å². The average Bonchev–Trinajstić information content (AvgIpc) is 2.55. The molecule has 0 atom stereocenters. The molecule has 0 aliphatic rings. The Labute approximate surface area is 151 Å². The molecule has 0 aliphatic carbocycles. The Bertz CT molecular complexity index is 615. The molecule has 23 heavy (non-hydrogen) atoms. The Morgan fingerprint density at radius 1 is 1.17 bits per heavy atom. The second-order valence-corrected chi connectivity index (χ2v) is 4.67. The van der Waals surface area contributed by atoms with E-state index in [0.29, 0.717) is 0 Å². The van der Waals surface area contributed by atoms with Gasteiger partial charge >= 0.3 is 24.5 Å². The van der Waals surface area contributed by atoms with Crippen LogP contribution in [0.5, 0.6) is 0 Å². The number of hydrazone groups is 1. The second-order valence-electron chi connectivity index (χ2n) is 4.23. The maximum absolute atomic E-state index is 6.99. The maximum atomic E-state index is 6.99. The molecule has 2 aromatic rings. The van der Waals surface area contributed by atoms with Crippen molar-refractivity contribution in [1.29, 1.82) is 0 Å². The van der Waals surface area contributed by atoms with Crippen molar-refractivity contribution in [3.63, 3.8) is 0 Å². The van der Waals surface area contributed by atoms with Crippen LogP contribution in [0, 0.1) is 0 Å². The quantitative estimate of drug-likeness (QED) is 0.247. The zero-order valence-corrected chi connectivity index (χ0v) is 14.7. The van der Waals surface area contributed by atoms with E-state index in [-0.39, 0.29) is 22.5 Å². The molecule has 0 bridgehead atoms. The molecule has 114 valence electrons. The zero-order chi connectivity index (χ0) is 16.4. The van der Waals surface area contributed by atoms with E-state index in [1.54, 1.807) is 18.3 Å². The van der Waals surface area contributed by atoms with Crippen molar-refractivity contribution in [2.45, 2.75) is 6.92 Å². The molecule has 0 spiro atoms. The number of rotatable bonds is 3. The summed E-state index contributed by atoms with van der Waals surface area (Å²) in [7, 11) is -0.841. The van der Waals surface area contributed by atoms with E-state index in [9.17, 15) is 0 Å². The minimum absolute atomic E-state index is 0. The van der Waals surface area contributed by atoms with Gasteiger partial charge in [-0.15, -0.1) is 0 Å². The molecule has 0 radical (unpaired) electrons. The summed E-state index contributed by atoms with van der Waals surface area (Å²) < 4.78 is 0. The SMILES string of the molecule is CC(=NNC(N)=S)c1ccccn1.[Al+3].[OH2+]B([OH2+])c1ccccc1. The molecule has 0 aliphatic heterocycles. The van der Waals surface area contributed by atoms with Gasteiger partial charge in [-0.2, -0.15) is 5.10 Å². The van der Waals surface area contributed by atoms with E-state index in [1.807, 2.05) is 43.3 Å². The van der Waals surface area contributed by atoms with E-state index >= 15 is 0 Å². The van der Waals surface area contributed by atoms with Gasteiger partial charge in [-0.1, -0.05) is 24.3 Å². The molecular weight excluding hydrogens is 326 g/mol. The molecule has 1 aromatic carbocycles. The van der Waals surface area contributed by atoms with Gasteiger partial charge in [0.1, 0.15) is 5.46 Å². The van der Waals surface area contributed by atoms with Gasteiger partial charge in [0.15, 0.2) is 5.11 Å². The monoisotopic (exact) mass is 345 g/mol. The van der Waals surface area contributed by atoms with Gasteiger partial charge in [0, 0.05) is 6.20 Å².